The molecule has 3 rings (SSSR count). The molecule has 0 aliphatic rings. The zero-order valence-corrected chi connectivity index (χ0v) is 20.9. The van der Waals surface area contributed by atoms with E-state index in [4.69, 9.17) is 14.6 Å². The first kappa shape index (κ1) is 28.3. The fourth-order valence-electron chi connectivity index (χ4n) is 3.44. The highest BCUT2D eigenvalue weighted by molar-refractivity contribution is 7.99. The maximum atomic E-state index is 14.1. The van der Waals surface area contributed by atoms with E-state index in [2.05, 4.69) is 0 Å². The van der Waals surface area contributed by atoms with Crippen molar-refractivity contribution in [3.05, 3.63) is 82.9 Å². The smallest absolute Gasteiger partial charge is 0.416 e. The summed E-state index contributed by atoms with van der Waals surface area (Å²) in [7, 11) is 0. The Bertz CT molecular complexity index is 1250. The van der Waals surface area contributed by atoms with Gasteiger partial charge in [0.05, 0.1) is 11.7 Å². The number of carboxylic acids is 1. The third-order valence-corrected chi connectivity index (χ3v) is 6.46. The van der Waals surface area contributed by atoms with Crippen molar-refractivity contribution >= 4 is 17.7 Å². The van der Waals surface area contributed by atoms with Crippen molar-refractivity contribution in [1.29, 1.82) is 0 Å². The highest BCUT2D eigenvalue weighted by Gasteiger charge is 2.32. The molecule has 1 N–H and O–H groups in total. The van der Waals surface area contributed by atoms with Crippen LogP contribution in [0.3, 0.4) is 0 Å². The van der Waals surface area contributed by atoms with Crippen LogP contribution in [0.25, 0.3) is 0 Å². The van der Waals surface area contributed by atoms with Crippen molar-refractivity contribution in [2.24, 2.45) is 0 Å². The van der Waals surface area contributed by atoms with Gasteiger partial charge >= 0.3 is 12.1 Å². The molecule has 1 unspecified atom stereocenters. The molecule has 0 fully saturated rings. The van der Waals surface area contributed by atoms with Gasteiger partial charge in [-0.25, -0.2) is 8.78 Å². The molecule has 198 valence electrons. The molecule has 0 saturated heterocycles. The molecule has 0 aliphatic carbocycles. The Labute approximate surface area is 215 Å². The van der Waals surface area contributed by atoms with Crippen LogP contribution in [0, 0.1) is 18.6 Å². The van der Waals surface area contributed by atoms with E-state index in [9.17, 15) is 26.7 Å². The molecular weight excluding hydrogens is 515 g/mol. The zero-order chi connectivity index (χ0) is 27.2. The van der Waals surface area contributed by atoms with Gasteiger partial charge in [0.25, 0.3) is 0 Å². The van der Waals surface area contributed by atoms with Gasteiger partial charge in [0.2, 0.25) is 0 Å². The summed E-state index contributed by atoms with van der Waals surface area (Å²) < 4.78 is 78.2. The van der Waals surface area contributed by atoms with Crippen LogP contribution in [0.1, 0.15) is 36.5 Å². The monoisotopic (exact) mass is 540 g/mol. The molecule has 10 heteroatoms. The van der Waals surface area contributed by atoms with Crippen LogP contribution in [0.5, 0.6) is 17.2 Å². The summed E-state index contributed by atoms with van der Waals surface area (Å²) in [6, 6.07) is 11.0. The highest BCUT2D eigenvalue weighted by Crippen LogP contribution is 2.39. The Morgan fingerprint density at radius 2 is 1.73 bits per heavy atom. The summed E-state index contributed by atoms with van der Waals surface area (Å²) in [6.07, 6.45) is -4.01. The van der Waals surface area contributed by atoms with Crippen molar-refractivity contribution in [3.63, 3.8) is 0 Å². The standard InChI is InChI=1S/C27H25F5O4S/c1-16-13-21(7-3-18(16)4-10-26(33)34)37-12-11-17(2)35-24-8-5-19(27(30,31)32)14-25(24)36-23-9-6-20(28)15-22(23)29/h3,5-9,13-15,17H,4,10-12H2,1-2H3,(H,33,34). The minimum atomic E-state index is -4.65. The van der Waals surface area contributed by atoms with Crippen molar-refractivity contribution in [1.82, 2.24) is 0 Å². The van der Waals surface area contributed by atoms with E-state index in [-0.39, 0.29) is 17.9 Å². The molecule has 3 aromatic carbocycles. The Morgan fingerprint density at radius 3 is 2.38 bits per heavy atom. The number of thioether (sulfide) groups is 1. The lowest BCUT2D eigenvalue weighted by atomic mass is 10.0. The van der Waals surface area contributed by atoms with Crippen molar-refractivity contribution in [3.8, 4) is 17.2 Å². The maximum absolute atomic E-state index is 14.1. The number of hydrogen-bond acceptors (Lipinski definition) is 4. The van der Waals surface area contributed by atoms with Crippen LogP contribution in [-0.4, -0.2) is 22.9 Å². The summed E-state index contributed by atoms with van der Waals surface area (Å²) >= 11 is 1.56. The van der Waals surface area contributed by atoms with Gasteiger partial charge in [0.1, 0.15) is 5.82 Å². The van der Waals surface area contributed by atoms with Gasteiger partial charge in [-0.15, -0.1) is 11.8 Å². The summed E-state index contributed by atoms with van der Waals surface area (Å²) in [5.41, 5.74) is 0.966. The summed E-state index contributed by atoms with van der Waals surface area (Å²) in [5, 5.41) is 8.85. The molecule has 0 aromatic heterocycles. The number of hydrogen-bond donors (Lipinski definition) is 1. The first-order valence-electron chi connectivity index (χ1n) is 11.4. The van der Waals surface area contributed by atoms with Crippen molar-refractivity contribution in [2.75, 3.05) is 5.75 Å². The van der Waals surface area contributed by atoms with E-state index in [0.29, 0.717) is 30.7 Å². The van der Waals surface area contributed by atoms with Gasteiger partial charge < -0.3 is 14.6 Å². The van der Waals surface area contributed by atoms with Gasteiger partial charge in [-0.1, -0.05) is 6.07 Å². The second-order valence-corrected chi connectivity index (χ2v) is 9.55. The molecular formula is C27H25F5O4S. The predicted octanol–water partition coefficient (Wildman–Crippen LogP) is 8.05. The van der Waals surface area contributed by atoms with Gasteiger partial charge in [-0.2, -0.15) is 13.2 Å². The fourth-order valence-corrected chi connectivity index (χ4v) is 4.55. The number of ether oxygens (including phenoxy) is 2. The van der Waals surface area contributed by atoms with Gasteiger partial charge in [-0.3, -0.25) is 4.79 Å². The summed E-state index contributed by atoms with van der Waals surface area (Å²) in [4.78, 5) is 11.8. The SMILES string of the molecule is Cc1cc(SCCC(C)Oc2ccc(C(F)(F)F)cc2Oc2ccc(F)cc2F)ccc1CCC(=O)O. The molecule has 0 amide bonds. The molecule has 37 heavy (non-hydrogen) atoms. The van der Waals surface area contributed by atoms with E-state index < -0.39 is 41.2 Å². The van der Waals surface area contributed by atoms with Gasteiger partial charge in [0, 0.05) is 23.1 Å². The van der Waals surface area contributed by atoms with Crippen LogP contribution in [0.2, 0.25) is 0 Å². The normalized spacial score (nSPS) is 12.3. The lowest BCUT2D eigenvalue weighted by molar-refractivity contribution is -0.138. The molecule has 0 heterocycles. The Kier molecular flexibility index (Phi) is 9.42. The Balaban J connectivity index is 1.66. The molecule has 0 aliphatic heterocycles. The van der Waals surface area contributed by atoms with E-state index in [1.165, 1.54) is 0 Å². The molecule has 3 aromatic rings. The molecule has 1 atom stereocenters. The van der Waals surface area contributed by atoms with E-state index in [0.717, 1.165) is 40.3 Å². The lowest BCUT2D eigenvalue weighted by Gasteiger charge is -2.19. The quantitative estimate of drug-likeness (QED) is 0.197. The number of alkyl halides is 3. The van der Waals surface area contributed by atoms with E-state index in [1.54, 1.807) is 18.7 Å². The number of halogens is 5. The molecule has 0 saturated carbocycles. The highest BCUT2D eigenvalue weighted by atomic mass is 32.2. The van der Waals surface area contributed by atoms with Crippen molar-refractivity contribution in [2.45, 2.75) is 50.3 Å². The minimum Gasteiger partial charge on any atom is -0.487 e. The average molecular weight is 541 g/mol. The third kappa shape index (κ3) is 8.38. The van der Waals surface area contributed by atoms with Crippen LogP contribution < -0.4 is 9.47 Å². The lowest BCUT2D eigenvalue weighted by Crippen LogP contribution is -2.14. The van der Waals surface area contributed by atoms with Crippen LogP contribution >= 0.6 is 11.8 Å². The first-order chi connectivity index (χ1) is 17.4. The number of carbonyl (C=O) groups is 1. The second-order valence-electron chi connectivity index (χ2n) is 8.38. The number of rotatable bonds is 11. The predicted molar refractivity (Wildman–Crippen MR) is 130 cm³/mol. The van der Waals surface area contributed by atoms with Crippen molar-refractivity contribution < 1.29 is 41.3 Å². The molecule has 0 spiro atoms. The van der Waals surface area contributed by atoms with Crippen LogP contribution in [0.4, 0.5) is 22.0 Å². The second kappa shape index (κ2) is 12.3. The first-order valence-corrected chi connectivity index (χ1v) is 12.4. The molecule has 0 radical (unpaired) electrons. The summed E-state index contributed by atoms with van der Waals surface area (Å²) in [5.74, 6) is -2.90. The maximum Gasteiger partial charge on any atom is 0.416 e. The Morgan fingerprint density at radius 1 is 1.00 bits per heavy atom. The average Bonchev–Trinajstić information content (AvgIpc) is 2.80. The van der Waals surface area contributed by atoms with Crippen LogP contribution in [0.15, 0.2) is 59.5 Å². The topological polar surface area (TPSA) is 55.8 Å². The van der Waals surface area contributed by atoms with E-state index in [1.807, 2.05) is 25.1 Å². The van der Waals surface area contributed by atoms with Gasteiger partial charge in [0.15, 0.2) is 23.1 Å². The number of aliphatic carboxylic acids is 1. The number of carboxylic acid groups (broad SMARTS) is 1. The van der Waals surface area contributed by atoms with Crippen LogP contribution in [-0.2, 0) is 17.4 Å². The van der Waals surface area contributed by atoms with Gasteiger partial charge in [-0.05, 0) is 80.3 Å². The molecule has 4 nitrogen and oxygen atoms in total. The zero-order valence-electron chi connectivity index (χ0n) is 20.1. The Hall–Kier alpha value is -3.27. The molecule has 0 bridgehead atoms. The fraction of sp³-hybridized carbons (Fsp3) is 0.296. The third-order valence-electron chi connectivity index (χ3n) is 5.43. The number of aryl methyl sites for hydroxylation is 2. The van der Waals surface area contributed by atoms with E-state index >= 15 is 0 Å². The number of benzene rings is 3. The largest absolute Gasteiger partial charge is 0.487 e. The summed E-state index contributed by atoms with van der Waals surface area (Å²) in [6.45, 7) is 3.67. The minimum absolute atomic E-state index is 0.00662.